The molecule has 0 aliphatic heterocycles. The van der Waals surface area contributed by atoms with E-state index in [0.29, 0.717) is 6.04 Å². The quantitative estimate of drug-likeness (QED) is 0.770. The highest BCUT2D eigenvalue weighted by molar-refractivity contribution is 6.20. The molecular formula is C12H17ClN4. The molecule has 1 unspecified atom stereocenters. The van der Waals surface area contributed by atoms with Gasteiger partial charge in [0.1, 0.15) is 11.3 Å². The van der Waals surface area contributed by atoms with Gasteiger partial charge in [-0.3, -0.25) is 4.68 Å². The minimum absolute atomic E-state index is 0.0533. The van der Waals surface area contributed by atoms with Crippen LogP contribution in [0.4, 0.5) is 0 Å². The van der Waals surface area contributed by atoms with Crippen LogP contribution in [0.15, 0.2) is 0 Å². The Kier molecular flexibility index (Phi) is 2.43. The Hall–Kier alpha value is -1.03. The molecule has 2 aromatic rings. The monoisotopic (exact) mass is 252 g/mol. The molecule has 3 rings (SSSR count). The number of rotatable bonds is 2. The van der Waals surface area contributed by atoms with Crippen molar-refractivity contribution in [2.24, 2.45) is 7.05 Å². The number of hydrogen-bond acceptors (Lipinski definition) is 2. The Bertz CT molecular complexity index is 563. The van der Waals surface area contributed by atoms with Gasteiger partial charge in [-0.2, -0.15) is 5.10 Å². The number of aryl methyl sites for hydroxylation is 2. The highest BCUT2D eigenvalue weighted by Crippen LogP contribution is 2.38. The highest BCUT2D eigenvalue weighted by atomic mass is 35.5. The molecule has 0 saturated heterocycles. The zero-order chi connectivity index (χ0) is 12.2. The maximum Gasteiger partial charge on any atom is 0.158 e. The third-order valence-corrected chi connectivity index (χ3v) is 3.85. The maximum atomic E-state index is 6.25. The van der Waals surface area contributed by atoms with Crippen molar-refractivity contribution < 1.29 is 0 Å². The summed E-state index contributed by atoms with van der Waals surface area (Å²) in [5.74, 6) is 0.988. The van der Waals surface area contributed by atoms with Crippen LogP contribution in [0.1, 0.15) is 49.1 Å². The number of hydrogen-bond donors (Lipinski definition) is 0. The molecule has 1 atom stereocenters. The van der Waals surface area contributed by atoms with E-state index in [9.17, 15) is 0 Å². The van der Waals surface area contributed by atoms with Crippen LogP contribution in [0.3, 0.4) is 0 Å². The summed E-state index contributed by atoms with van der Waals surface area (Å²) in [7, 11) is 1.98. The second kappa shape index (κ2) is 3.73. The predicted octanol–water partition coefficient (Wildman–Crippen LogP) is 3.10. The lowest BCUT2D eigenvalue weighted by molar-refractivity contribution is 0.310. The van der Waals surface area contributed by atoms with Crippen molar-refractivity contribution in [1.29, 1.82) is 0 Å². The normalized spacial score (nSPS) is 18.6. The third kappa shape index (κ3) is 1.50. The van der Waals surface area contributed by atoms with Crippen molar-refractivity contribution in [3.8, 4) is 0 Å². The smallest absolute Gasteiger partial charge is 0.158 e. The van der Waals surface area contributed by atoms with Gasteiger partial charge in [0.05, 0.1) is 11.1 Å². The van der Waals surface area contributed by atoms with Gasteiger partial charge >= 0.3 is 0 Å². The van der Waals surface area contributed by atoms with Gasteiger partial charge < -0.3 is 4.57 Å². The molecule has 1 fully saturated rings. The average Bonchev–Trinajstić information content (AvgIpc) is 2.66. The van der Waals surface area contributed by atoms with E-state index in [4.69, 9.17) is 11.6 Å². The minimum atomic E-state index is -0.0533. The van der Waals surface area contributed by atoms with E-state index in [1.54, 1.807) is 0 Å². The minimum Gasteiger partial charge on any atom is -0.309 e. The van der Waals surface area contributed by atoms with Crippen LogP contribution >= 0.6 is 11.6 Å². The summed E-state index contributed by atoms with van der Waals surface area (Å²) >= 11 is 6.25. The molecule has 0 aromatic carbocycles. The Morgan fingerprint density at radius 2 is 2.12 bits per heavy atom. The van der Waals surface area contributed by atoms with Gasteiger partial charge in [0, 0.05) is 13.1 Å². The molecule has 2 aromatic heterocycles. The third-order valence-electron chi connectivity index (χ3n) is 3.66. The molecule has 0 N–H and O–H groups in total. The topological polar surface area (TPSA) is 35.6 Å². The van der Waals surface area contributed by atoms with Gasteiger partial charge in [-0.15, -0.1) is 11.6 Å². The number of fused-ring (bicyclic) bond motifs is 1. The van der Waals surface area contributed by atoms with Gasteiger partial charge in [0.15, 0.2) is 5.65 Å². The van der Waals surface area contributed by atoms with Crippen molar-refractivity contribution in [2.75, 3.05) is 0 Å². The summed E-state index contributed by atoms with van der Waals surface area (Å²) in [4.78, 5) is 4.68. The maximum absolute atomic E-state index is 6.25. The van der Waals surface area contributed by atoms with Crippen LogP contribution in [0.5, 0.6) is 0 Å². The molecule has 5 heteroatoms. The molecule has 0 radical (unpaired) electrons. The Morgan fingerprint density at radius 3 is 2.65 bits per heavy atom. The zero-order valence-electron chi connectivity index (χ0n) is 10.4. The number of alkyl halides is 1. The van der Waals surface area contributed by atoms with Crippen molar-refractivity contribution in [3.63, 3.8) is 0 Å². The molecule has 1 aliphatic carbocycles. The molecule has 4 nitrogen and oxygen atoms in total. The van der Waals surface area contributed by atoms with Gasteiger partial charge in [-0.25, -0.2) is 4.98 Å². The summed E-state index contributed by atoms with van der Waals surface area (Å²) in [5.41, 5.74) is 3.11. The van der Waals surface area contributed by atoms with Crippen LogP contribution in [0.2, 0.25) is 0 Å². The summed E-state index contributed by atoms with van der Waals surface area (Å²) in [6.07, 6.45) is 3.76. The molecule has 1 aliphatic rings. The first kappa shape index (κ1) is 11.1. The van der Waals surface area contributed by atoms with Crippen molar-refractivity contribution in [3.05, 3.63) is 11.5 Å². The fraction of sp³-hybridized carbons (Fsp3) is 0.667. The van der Waals surface area contributed by atoms with Gasteiger partial charge in [0.2, 0.25) is 0 Å². The van der Waals surface area contributed by atoms with Crippen LogP contribution in [0.25, 0.3) is 11.2 Å². The highest BCUT2D eigenvalue weighted by Gasteiger charge is 2.28. The fourth-order valence-corrected chi connectivity index (χ4v) is 2.75. The number of imidazole rings is 1. The molecule has 17 heavy (non-hydrogen) atoms. The number of halogens is 1. The summed E-state index contributed by atoms with van der Waals surface area (Å²) in [5, 5.41) is 4.39. The Balaban J connectivity index is 2.28. The Morgan fingerprint density at radius 1 is 1.41 bits per heavy atom. The molecule has 0 bridgehead atoms. The SMILES string of the molecule is Cc1nn(C)c2c1nc(C(C)Cl)n2C1CCC1. The molecule has 0 spiro atoms. The van der Waals surface area contributed by atoms with Crippen LogP contribution < -0.4 is 0 Å². The van der Waals surface area contributed by atoms with Crippen LogP contribution in [0, 0.1) is 6.92 Å². The summed E-state index contributed by atoms with van der Waals surface area (Å²) in [6, 6.07) is 0.561. The van der Waals surface area contributed by atoms with E-state index in [1.165, 1.54) is 19.3 Å². The standard InChI is InChI=1S/C12H17ClN4/c1-7(13)11-14-10-8(2)15-16(3)12(10)17(11)9-5-4-6-9/h7,9H,4-6H2,1-3H3. The predicted molar refractivity (Wildman–Crippen MR) is 68.4 cm³/mol. The molecular weight excluding hydrogens is 236 g/mol. The van der Waals surface area contributed by atoms with Crippen molar-refractivity contribution in [2.45, 2.75) is 44.5 Å². The summed E-state index contributed by atoms with van der Waals surface area (Å²) in [6.45, 7) is 3.99. The second-order valence-electron chi connectivity index (χ2n) is 4.92. The molecule has 92 valence electrons. The Labute approximate surface area is 106 Å². The van der Waals surface area contributed by atoms with E-state index in [2.05, 4.69) is 14.6 Å². The zero-order valence-corrected chi connectivity index (χ0v) is 11.2. The van der Waals surface area contributed by atoms with E-state index in [-0.39, 0.29) is 5.38 Å². The van der Waals surface area contributed by atoms with Gasteiger partial charge in [-0.05, 0) is 33.1 Å². The first-order chi connectivity index (χ1) is 8.09. The first-order valence-corrected chi connectivity index (χ1v) is 6.58. The number of nitrogens with zero attached hydrogens (tertiary/aromatic N) is 4. The van der Waals surface area contributed by atoms with Crippen molar-refractivity contribution in [1.82, 2.24) is 19.3 Å². The summed E-state index contributed by atoms with van der Waals surface area (Å²) < 4.78 is 4.23. The fourth-order valence-electron chi connectivity index (χ4n) is 2.60. The van der Waals surface area contributed by atoms with Gasteiger partial charge in [-0.1, -0.05) is 0 Å². The van der Waals surface area contributed by atoms with Crippen LogP contribution in [-0.2, 0) is 7.05 Å². The lowest BCUT2D eigenvalue weighted by atomic mass is 9.92. The molecule has 1 saturated carbocycles. The number of aromatic nitrogens is 4. The largest absolute Gasteiger partial charge is 0.309 e. The van der Waals surface area contributed by atoms with E-state index < -0.39 is 0 Å². The van der Waals surface area contributed by atoms with E-state index >= 15 is 0 Å². The van der Waals surface area contributed by atoms with E-state index in [1.807, 2.05) is 25.6 Å². The lowest BCUT2D eigenvalue weighted by Crippen LogP contribution is -2.20. The van der Waals surface area contributed by atoms with Gasteiger partial charge in [0.25, 0.3) is 0 Å². The van der Waals surface area contributed by atoms with Crippen LogP contribution in [-0.4, -0.2) is 19.3 Å². The second-order valence-corrected chi connectivity index (χ2v) is 5.58. The molecule has 0 amide bonds. The lowest BCUT2D eigenvalue weighted by Gasteiger charge is -2.29. The molecule has 2 heterocycles. The first-order valence-electron chi connectivity index (χ1n) is 6.15. The van der Waals surface area contributed by atoms with E-state index in [0.717, 1.165) is 22.7 Å². The average molecular weight is 253 g/mol. The van der Waals surface area contributed by atoms with Crippen molar-refractivity contribution >= 4 is 22.8 Å².